The molecule has 0 bridgehead atoms. The normalized spacial score (nSPS) is 10.6. The molecule has 2 aromatic carbocycles. The van der Waals surface area contributed by atoms with E-state index in [4.69, 9.17) is 9.47 Å². The van der Waals surface area contributed by atoms with E-state index in [2.05, 4.69) is 4.98 Å². The molecule has 0 saturated carbocycles. The van der Waals surface area contributed by atoms with Gasteiger partial charge in [-0.05, 0) is 41.5 Å². The largest absolute Gasteiger partial charge is 0.487 e. The molecule has 3 aromatic rings. The van der Waals surface area contributed by atoms with E-state index in [1.165, 1.54) is 11.0 Å². The van der Waals surface area contributed by atoms with E-state index in [0.29, 0.717) is 18.9 Å². The third-order valence-electron chi connectivity index (χ3n) is 4.43. The molecular weight excluding hydrogens is 392 g/mol. The van der Waals surface area contributed by atoms with Gasteiger partial charge in [0.15, 0.2) is 6.61 Å². The maximum absolute atomic E-state index is 12.1. The zero-order chi connectivity index (χ0) is 21.9. The average molecular weight is 416 g/mol. The molecule has 0 aliphatic carbocycles. The molecule has 0 spiro atoms. The second kappa shape index (κ2) is 11.3. The van der Waals surface area contributed by atoms with Crippen LogP contribution in [0.1, 0.15) is 16.8 Å². The summed E-state index contributed by atoms with van der Waals surface area (Å²) in [6.45, 7) is 0.545. The van der Waals surface area contributed by atoms with E-state index in [0.717, 1.165) is 16.8 Å². The topological polar surface area (TPSA) is 68.7 Å². The Balaban J connectivity index is 1.41. The van der Waals surface area contributed by atoms with Gasteiger partial charge in [0, 0.05) is 25.9 Å². The van der Waals surface area contributed by atoms with Crippen molar-refractivity contribution in [2.45, 2.75) is 13.2 Å². The number of carbonyl (C=O) groups excluding carboxylic acids is 2. The van der Waals surface area contributed by atoms with Crippen LogP contribution in [0, 0.1) is 0 Å². The van der Waals surface area contributed by atoms with Crippen molar-refractivity contribution in [1.82, 2.24) is 9.88 Å². The van der Waals surface area contributed by atoms with Gasteiger partial charge in [-0.15, -0.1) is 0 Å². The highest BCUT2D eigenvalue weighted by Gasteiger charge is 2.11. The number of hydrogen-bond acceptors (Lipinski definition) is 5. The molecule has 0 N–H and O–H groups in total. The fraction of sp³-hybridized carbons (Fsp3) is 0.160. The number of ether oxygens (including phenoxy) is 2. The quantitative estimate of drug-likeness (QED) is 0.391. The molecule has 0 atom stereocenters. The first-order valence-corrected chi connectivity index (χ1v) is 9.85. The number of benzene rings is 2. The van der Waals surface area contributed by atoms with E-state index in [1.54, 1.807) is 19.3 Å². The van der Waals surface area contributed by atoms with Gasteiger partial charge >= 0.3 is 5.97 Å². The molecule has 0 unspecified atom stereocenters. The van der Waals surface area contributed by atoms with E-state index < -0.39 is 5.97 Å². The van der Waals surface area contributed by atoms with Gasteiger partial charge in [-0.3, -0.25) is 9.78 Å². The first kappa shape index (κ1) is 21.8. The van der Waals surface area contributed by atoms with Crippen LogP contribution in [0.15, 0.2) is 85.1 Å². The summed E-state index contributed by atoms with van der Waals surface area (Å²) >= 11 is 0. The first-order valence-electron chi connectivity index (χ1n) is 9.85. The molecule has 158 valence electrons. The number of aromatic nitrogens is 1. The van der Waals surface area contributed by atoms with Crippen molar-refractivity contribution in [3.05, 3.63) is 102 Å². The highest BCUT2D eigenvalue weighted by Crippen LogP contribution is 2.14. The second-order valence-electron chi connectivity index (χ2n) is 6.86. The summed E-state index contributed by atoms with van der Waals surface area (Å²) in [7, 11) is 1.68. The minimum atomic E-state index is -0.572. The maximum Gasteiger partial charge on any atom is 0.331 e. The fourth-order valence-corrected chi connectivity index (χ4v) is 2.72. The number of hydrogen-bond donors (Lipinski definition) is 0. The van der Waals surface area contributed by atoms with Crippen molar-refractivity contribution >= 4 is 18.0 Å². The van der Waals surface area contributed by atoms with Gasteiger partial charge in [0.25, 0.3) is 5.91 Å². The highest BCUT2D eigenvalue weighted by molar-refractivity contribution is 5.89. The smallest absolute Gasteiger partial charge is 0.331 e. The zero-order valence-electron chi connectivity index (χ0n) is 17.3. The number of amides is 1. The summed E-state index contributed by atoms with van der Waals surface area (Å²) in [5, 5.41) is 0. The van der Waals surface area contributed by atoms with Crippen molar-refractivity contribution in [2.75, 3.05) is 13.7 Å². The molecule has 0 saturated heterocycles. The van der Waals surface area contributed by atoms with E-state index in [-0.39, 0.29) is 12.5 Å². The molecule has 6 nitrogen and oxygen atoms in total. The maximum atomic E-state index is 12.1. The lowest BCUT2D eigenvalue weighted by Crippen LogP contribution is -2.30. The monoisotopic (exact) mass is 416 g/mol. The predicted octanol–water partition coefficient (Wildman–Crippen LogP) is 3.88. The number of pyridine rings is 1. The Morgan fingerprint density at radius 2 is 1.71 bits per heavy atom. The Morgan fingerprint density at radius 3 is 2.42 bits per heavy atom. The molecule has 0 aliphatic rings. The van der Waals surface area contributed by atoms with Gasteiger partial charge in [-0.1, -0.05) is 48.5 Å². The van der Waals surface area contributed by atoms with Crippen LogP contribution in [-0.4, -0.2) is 35.4 Å². The average Bonchev–Trinajstić information content (AvgIpc) is 2.81. The van der Waals surface area contributed by atoms with E-state index in [1.807, 2.05) is 72.8 Å². The molecule has 1 heterocycles. The Hall–Kier alpha value is -3.93. The van der Waals surface area contributed by atoms with Gasteiger partial charge < -0.3 is 14.4 Å². The van der Waals surface area contributed by atoms with Crippen LogP contribution in [0.25, 0.3) is 6.08 Å². The van der Waals surface area contributed by atoms with Crippen LogP contribution < -0.4 is 4.74 Å². The van der Waals surface area contributed by atoms with Crippen molar-refractivity contribution in [2.24, 2.45) is 0 Å². The summed E-state index contributed by atoms with van der Waals surface area (Å²) < 4.78 is 10.7. The summed E-state index contributed by atoms with van der Waals surface area (Å²) in [6.07, 6.45) is 4.65. The summed E-state index contributed by atoms with van der Waals surface area (Å²) in [6, 6.07) is 22.6. The lowest BCUT2D eigenvalue weighted by Gasteiger charge is -2.16. The number of rotatable bonds is 9. The van der Waals surface area contributed by atoms with Crippen molar-refractivity contribution in [1.29, 1.82) is 0 Å². The molecule has 1 aromatic heterocycles. The van der Waals surface area contributed by atoms with E-state index in [9.17, 15) is 9.59 Å². The Morgan fingerprint density at radius 1 is 0.968 bits per heavy atom. The van der Waals surface area contributed by atoms with E-state index >= 15 is 0 Å². The Bertz CT molecular complexity index is 1000. The zero-order valence-corrected chi connectivity index (χ0v) is 17.3. The standard InChI is InChI=1S/C25H24N2O4/c1-27(17-21-7-3-2-4-8-21)24(28)19-31-25(29)15-12-20-10-13-23(14-11-20)30-18-22-9-5-6-16-26-22/h2-16H,17-19H2,1H3. The molecule has 0 fully saturated rings. The van der Waals surface area contributed by atoms with Gasteiger partial charge in [-0.25, -0.2) is 4.79 Å². The van der Waals surface area contributed by atoms with Crippen LogP contribution in [-0.2, 0) is 27.5 Å². The molecule has 1 amide bonds. The second-order valence-corrected chi connectivity index (χ2v) is 6.86. The molecule has 3 rings (SSSR count). The fourth-order valence-electron chi connectivity index (χ4n) is 2.72. The third kappa shape index (κ3) is 7.44. The van der Waals surface area contributed by atoms with Crippen molar-refractivity contribution < 1.29 is 19.1 Å². The molecule has 6 heteroatoms. The lowest BCUT2D eigenvalue weighted by molar-refractivity contribution is -0.147. The summed E-state index contributed by atoms with van der Waals surface area (Å²) in [4.78, 5) is 29.8. The summed E-state index contributed by atoms with van der Waals surface area (Å²) in [5.41, 5.74) is 2.67. The number of nitrogens with zero attached hydrogens (tertiary/aromatic N) is 2. The van der Waals surface area contributed by atoms with Crippen LogP contribution in [0.5, 0.6) is 5.75 Å². The number of carbonyl (C=O) groups is 2. The minimum Gasteiger partial charge on any atom is -0.487 e. The lowest BCUT2D eigenvalue weighted by atomic mass is 10.2. The molecule has 0 radical (unpaired) electrons. The number of esters is 1. The third-order valence-corrected chi connectivity index (χ3v) is 4.43. The van der Waals surface area contributed by atoms with Crippen molar-refractivity contribution in [3.8, 4) is 5.75 Å². The predicted molar refractivity (Wildman–Crippen MR) is 118 cm³/mol. The van der Waals surface area contributed by atoms with Crippen LogP contribution in [0.2, 0.25) is 0 Å². The Kier molecular flexibility index (Phi) is 7.94. The SMILES string of the molecule is CN(Cc1ccccc1)C(=O)COC(=O)C=Cc1ccc(OCc2ccccn2)cc1. The van der Waals surface area contributed by atoms with Crippen molar-refractivity contribution in [3.63, 3.8) is 0 Å². The first-order chi connectivity index (χ1) is 15.1. The highest BCUT2D eigenvalue weighted by atomic mass is 16.5. The van der Waals surface area contributed by atoms with Gasteiger partial charge in [-0.2, -0.15) is 0 Å². The Labute approximate surface area is 181 Å². The van der Waals surface area contributed by atoms with Gasteiger partial charge in [0.2, 0.25) is 0 Å². The number of likely N-dealkylation sites (N-methyl/N-ethyl adjacent to an activating group) is 1. The van der Waals surface area contributed by atoms with Crippen LogP contribution >= 0.6 is 0 Å². The molecular formula is C25H24N2O4. The van der Waals surface area contributed by atoms with Gasteiger partial charge in [0.1, 0.15) is 12.4 Å². The minimum absolute atomic E-state index is 0.264. The molecule has 31 heavy (non-hydrogen) atoms. The molecule has 0 aliphatic heterocycles. The van der Waals surface area contributed by atoms with Crippen LogP contribution in [0.3, 0.4) is 0 Å². The summed E-state index contributed by atoms with van der Waals surface area (Å²) in [5.74, 6) is -0.130. The van der Waals surface area contributed by atoms with Crippen LogP contribution in [0.4, 0.5) is 0 Å². The van der Waals surface area contributed by atoms with Gasteiger partial charge in [0.05, 0.1) is 5.69 Å².